The number of nitrogens with one attached hydrogen (secondary N) is 1. The number of carbonyl (C=O) groups excluding carboxylic acids is 2. The van der Waals surface area contributed by atoms with Crippen molar-refractivity contribution in [2.24, 2.45) is 0 Å². The molecular formula is C24H32IN3O4S. The third-order valence-corrected chi connectivity index (χ3v) is 6.80. The van der Waals surface area contributed by atoms with E-state index in [9.17, 15) is 18.0 Å². The molecule has 2 aromatic carbocycles. The van der Waals surface area contributed by atoms with E-state index in [0.29, 0.717) is 12.1 Å². The number of sulfonamides is 1. The first-order valence-electron chi connectivity index (χ1n) is 10.7. The fraction of sp³-hybridized carbons (Fsp3) is 0.417. The Morgan fingerprint density at radius 1 is 1.03 bits per heavy atom. The lowest BCUT2D eigenvalue weighted by Gasteiger charge is -2.33. The molecule has 0 saturated heterocycles. The van der Waals surface area contributed by atoms with Crippen LogP contribution in [-0.2, 0) is 26.0 Å². The first kappa shape index (κ1) is 27.1. The van der Waals surface area contributed by atoms with Gasteiger partial charge in [-0.1, -0.05) is 30.3 Å². The molecule has 0 saturated carbocycles. The molecule has 0 radical (unpaired) electrons. The van der Waals surface area contributed by atoms with E-state index in [2.05, 4.69) is 27.9 Å². The minimum atomic E-state index is -3.72. The summed E-state index contributed by atoms with van der Waals surface area (Å²) in [5, 5.41) is 2.91. The van der Waals surface area contributed by atoms with Crippen LogP contribution in [0.1, 0.15) is 33.3 Å². The van der Waals surface area contributed by atoms with Gasteiger partial charge in [0.25, 0.3) is 0 Å². The molecule has 1 atom stereocenters. The van der Waals surface area contributed by atoms with Crippen molar-refractivity contribution < 1.29 is 18.0 Å². The zero-order chi connectivity index (χ0) is 24.8. The van der Waals surface area contributed by atoms with Crippen LogP contribution in [0.4, 0.5) is 5.69 Å². The maximum Gasteiger partial charge on any atom is 0.244 e. The maximum absolute atomic E-state index is 13.4. The number of rotatable bonds is 9. The Morgan fingerprint density at radius 3 is 2.12 bits per heavy atom. The molecule has 180 valence electrons. The quantitative estimate of drug-likeness (QED) is 0.457. The van der Waals surface area contributed by atoms with Gasteiger partial charge in [-0.2, -0.15) is 0 Å². The first-order valence-corrected chi connectivity index (χ1v) is 13.6. The van der Waals surface area contributed by atoms with Gasteiger partial charge in [-0.05, 0) is 86.5 Å². The largest absolute Gasteiger partial charge is 0.350 e. The van der Waals surface area contributed by atoms with E-state index >= 15 is 0 Å². The Hall–Kier alpha value is -2.14. The molecule has 0 aliphatic heterocycles. The molecule has 0 spiro atoms. The van der Waals surface area contributed by atoms with Crippen LogP contribution in [0, 0.1) is 3.57 Å². The van der Waals surface area contributed by atoms with Crippen molar-refractivity contribution in [2.75, 3.05) is 23.7 Å². The fourth-order valence-electron chi connectivity index (χ4n) is 3.27. The summed E-state index contributed by atoms with van der Waals surface area (Å²) in [5.41, 5.74) is 0.969. The highest BCUT2D eigenvalue weighted by Crippen LogP contribution is 2.20. The summed E-state index contributed by atoms with van der Waals surface area (Å²) in [5.74, 6) is -0.726. The number of hydrogen-bond donors (Lipinski definition) is 1. The van der Waals surface area contributed by atoms with Crippen LogP contribution >= 0.6 is 22.6 Å². The van der Waals surface area contributed by atoms with Gasteiger partial charge < -0.3 is 10.2 Å². The van der Waals surface area contributed by atoms with E-state index in [0.717, 1.165) is 19.7 Å². The molecule has 0 bridgehead atoms. The predicted octanol–water partition coefficient (Wildman–Crippen LogP) is 3.43. The van der Waals surface area contributed by atoms with Crippen molar-refractivity contribution in [1.82, 2.24) is 10.2 Å². The molecule has 0 fully saturated rings. The predicted molar refractivity (Wildman–Crippen MR) is 141 cm³/mol. The third kappa shape index (κ3) is 8.62. The summed E-state index contributed by atoms with van der Waals surface area (Å²) in [4.78, 5) is 27.7. The van der Waals surface area contributed by atoms with Crippen LogP contribution < -0.4 is 9.62 Å². The molecule has 0 unspecified atom stereocenters. The number of amides is 2. The number of carbonyl (C=O) groups is 2. The van der Waals surface area contributed by atoms with Crippen LogP contribution in [0.25, 0.3) is 0 Å². The van der Waals surface area contributed by atoms with Crippen molar-refractivity contribution in [3.63, 3.8) is 0 Å². The zero-order valence-electron chi connectivity index (χ0n) is 19.7. The molecule has 2 aromatic rings. The maximum atomic E-state index is 13.4. The number of benzene rings is 2. The Bertz CT molecular complexity index is 1050. The molecule has 0 aliphatic carbocycles. The average Bonchev–Trinajstić information content (AvgIpc) is 2.71. The first-order chi connectivity index (χ1) is 15.3. The lowest BCUT2D eigenvalue weighted by Crippen LogP contribution is -2.55. The van der Waals surface area contributed by atoms with Crippen molar-refractivity contribution in [2.45, 2.75) is 45.7 Å². The minimum Gasteiger partial charge on any atom is -0.350 e. The van der Waals surface area contributed by atoms with E-state index in [1.807, 2.05) is 51.1 Å². The van der Waals surface area contributed by atoms with Gasteiger partial charge in [0, 0.05) is 15.7 Å². The van der Waals surface area contributed by atoms with E-state index in [4.69, 9.17) is 0 Å². The normalized spacial score (nSPS) is 12.7. The van der Waals surface area contributed by atoms with Gasteiger partial charge in [0.2, 0.25) is 21.8 Å². The molecule has 7 nitrogen and oxygen atoms in total. The summed E-state index contributed by atoms with van der Waals surface area (Å²) in [6.07, 6.45) is 1.62. The Morgan fingerprint density at radius 2 is 1.61 bits per heavy atom. The highest BCUT2D eigenvalue weighted by Gasteiger charge is 2.31. The van der Waals surface area contributed by atoms with E-state index in [-0.39, 0.29) is 19.0 Å². The topological polar surface area (TPSA) is 86.8 Å². The molecule has 33 heavy (non-hydrogen) atoms. The third-order valence-electron chi connectivity index (χ3n) is 4.94. The lowest BCUT2D eigenvalue weighted by molar-refractivity contribution is -0.139. The smallest absolute Gasteiger partial charge is 0.244 e. The van der Waals surface area contributed by atoms with Gasteiger partial charge in [0.05, 0.1) is 11.9 Å². The van der Waals surface area contributed by atoms with E-state index < -0.39 is 27.5 Å². The molecule has 9 heteroatoms. The molecule has 0 aliphatic rings. The van der Waals surface area contributed by atoms with Crippen molar-refractivity contribution in [1.29, 1.82) is 0 Å². The molecule has 2 amide bonds. The molecule has 0 heterocycles. The number of nitrogens with zero attached hydrogens (tertiary/aromatic N) is 2. The second-order valence-corrected chi connectivity index (χ2v) is 12.1. The van der Waals surface area contributed by atoms with Gasteiger partial charge in [-0.15, -0.1) is 0 Å². The van der Waals surface area contributed by atoms with Gasteiger partial charge in [0.15, 0.2) is 0 Å². The van der Waals surface area contributed by atoms with Crippen molar-refractivity contribution in [3.8, 4) is 0 Å². The Labute approximate surface area is 210 Å². The number of anilines is 1. The van der Waals surface area contributed by atoms with Crippen LogP contribution in [0.15, 0.2) is 54.6 Å². The van der Waals surface area contributed by atoms with Crippen molar-refractivity contribution >= 4 is 50.1 Å². The second kappa shape index (κ2) is 11.3. The number of halogens is 1. The molecule has 0 aromatic heterocycles. The Balaban J connectivity index is 2.31. The fourth-order valence-corrected chi connectivity index (χ4v) is 4.47. The minimum absolute atomic E-state index is 0.284. The highest BCUT2D eigenvalue weighted by molar-refractivity contribution is 14.1. The summed E-state index contributed by atoms with van der Waals surface area (Å²) in [6, 6.07) is 15.8. The van der Waals surface area contributed by atoms with E-state index in [1.54, 1.807) is 31.2 Å². The summed E-state index contributed by atoms with van der Waals surface area (Å²) >= 11 is 2.13. The summed E-state index contributed by atoms with van der Waals surface area (Å²) in [7, 11) is -3.72. The van der Waals surface area contributed by atoms with Crippen molar-refractivity contribution in [3.05, 3.63) is 63.7 Å². The van der Waals surface area contributed by atoms with Gasteiger partial charge >= 0.3 is 0 Å². The molecule has 2 rings (SSSR count). The SMILES string of the molecule is C[C@H](C(=O)NC(C)(C)C)N(CCc1ccccc1)C(=O)CN(c1ccc(I)cc1)S(C)(=O)=O. The standard InChI is InChI=1S/C24H32IN3O4S/c1-18(23(30)26-24(2,3)4)27(16-15-19-9-7-6-8-10-19)22(29)17-28(33(5,31)32)21-13-11-20(25)12-14-21/h6-14,18H,15-17H2,1-5H3,(H,26,30)/t18-/m1/s1. The summed E-state index contributed by atoms with van der Waals surface area (Å²) < 4.78 is 27.1. The monoisotopic (exact) mass is 585 g/mol. The number of hydrogen-bond acceptors (Lipinski definition) is 4. The van der Waals surface area contributed by atoms with Crippen LogP contribution in [-0.4, -0.2) is 56.1 Å². The second-order valence-electron chi connectivity index (χ2n) is 8.98. The lowest BCUT2D eigenvalue weighted by atomic mass is 10.1. The Kier molecular flexibility index (Phi) is 9.30. The zero-order valence-corrected chi connectivity index (χ0v) is 22.7. The van der Waals surface area contributed by atoms with Crippen LogP contribution in [0.5, 0.6) is 0 Å². The molecular weight excluding hydrogens is 553 g/mol. The van der Waals surface area contributed by atoms with Gasteiger partial charge in [0.1, 0.15) is 12.6 Å². The van der Waals surface area contributed by atoms with Gasteiger partial charge in [-0.3, -0.25) is 13.9 Å². The van der Waals surface area contributed by atoms with E-state index in [1.165, 1.54) is 4.90 Å². The average molecular weight is 586 g/mol. The summed E-state index contributed by atoms with van der Waals surface area (Å²) in [6.45, 7) is 7.18. The molecule has 1 N–H and O–H groups in total. The van der Waals surface area contributed by atoms with Gasteiger partial charge in [-0.25, -0.2) is 8.42 Å². The highest BCUT2D eigenvalue weighted by atomic mass is 127. The van der Waals surface area contributed by atoms with Crippen LogP contribution in [0.3, 0.4) is 0 Å². The van der Waals surface area contributed by atoms with Crippen LogP contribution in [0.2, 0.25) is 0 Å².